The van der Waals surface area contributed by atoms with Gasteiger partial charge in [-0.2, -0.15) is 0 Å². The molecule has 0 aliphatic rings. The van der Waals surface area contributed by atoms with Crippen LogP contribution in [-0.2, 0) is 16.1 Å². The summed E-state index contributed by atoms with van der Waals surface area (Å²) in [6, 6.07) is 22.2. The summed E-state index contributed by atoms with van der Waals surface area (Å²) in [4.78, 5) is 20.8. The van der Waals surface area contributed by atoms with Gasteiger partial charge in [0.2, 0.25) is 0 Å². The Kier molecular flexibility index (Phi) is 8.60. The molecule has 0 aliphatic heterocycles. The normalized spacial score (nSPS) is 10.4. The predicted molar refractivity (Wildman–Crippen MR) is 132 cm³/mol. The Morgan fingerprint density at radius 1 is 1.12 bits per heavy atom. The molecule has 0 saturated heterocycles. The van der Waals surface area contributed by atoms with E-state index in [4.69, 9.17) is 9.72 Å². The molecule has 0 unspecified atom stereocenters. The van der Waals surface area contributed by atoms with Crippen molar-refractivity contribution in [2.45, 2.75) is 18.4 Å². The molecule has 3 aromatic rings. The van der Waals surface area contributed by atoms with Crippen LogP contribution < -0.4 is 10.0 Å². The van der Waals surface area contributed by atoms with Crippen molar-refractivity contribution < 1.29 is 9.53 Å². The molecule has 2 N–H and O–H groups in total. The average Bonchev–Trinajstić information content (AvgIpc) is 2.82. The Morgan fingerprint density at radius 3 is 2.69 bits per heavy atom. The fourth-order valence-electron chi connectivity index (χ4n) is 2.96. The van der Waals surface area contributed by atoms with Crippen molar-refractivity contribution in [2.75, 3.05) is 13.2 Å². The molecule has 32 heavy (non-hydrogen) atoms. The Labute approximate surface area is 193 Å². The highest BCUT2D eigenvalue weighted by Crippen LogP contribution is 2.28. The first kappa shape index (κ1) is 23.2. The maximum absolute atomic E-state index is 10.9. The number of rotatable bonds is 11. The molecule has 0 bridgehead atoms. The smallest absolute Gasteiger partial charge is 0.302 e. The molecular formula is C25H26N4O2S. The summed E-state index contributed by atoms with van der Waals surface area (Å²) in [6.07, 6.45) is 0. The first-order valence-electron chi connectivity index (χ1n) is 10.1. The first-order valence-corrected chi connectivity index (χ1v) is 11.0. The van der Waals surface area contributed by atoms with E-state index in [1.807, 2.05) is 42.5 Å². The molecule has 0 amide bonds. The van der Waals surface area contributed by atoms with E-state index in [-0.39, 0.29) is 12.6 Å². The van der Waals surface area contributed by atoms with E-state index in [2.05, 4.69) is 52.6 Å². The van der Waals surface area contributed by atoms with E-state index in [9.17, 15) is 4.79 Å². The highest BCUT2D eigenvalue weighted by atomic mass is 32.2. The molecule has 0 spiro atoms. The van der Waals surface area contributed by atoms with E-state index >= 15 is 0 Å². The van der Waals surface area contributed by atoms with Gasteiger partial charge in [0, 0.05) is 30.5 Å². The third kappa shape index (κ3) is 6.80. The van der Waals surface area contributed by atoms with Gasteiger partial charge >= 0.3 is 5.97 Å². The lowest BCUT2D eigenvalue weighted by Gasteiger charge is -2.13. The molecule has 0 fully saturated rings. The molecule has 164 valence electrons. The van der Waals surface area contributed by atoms with Crippen molar-refractivity contribution >= 4 is 36.0 Å². The molecule has 1 heterocycles. The lowest BCUT2D eigenvalue weighted by molar-refractivity contribution is -0.140. The van der Waals surface area contributed by atoms with E-state index < -0.39 is 0 Å². The Bertz CT molecular complexity index is 1090. The number of nitrogens with one attached hydrogen (secondary N) is 2. The molecule has 3 rings (SSSR count). The van der Waals surface area contributed by atoms with Crippen LogP contribution >= 0.6 is 11.9 Å². The van der Waals surface area contributed by atoms with Crippen molar-refractivity contribution in [1.82, 2.24) is 15.0 Å². The number of aromatic nitrogens is 1. The zero-order valence-corrected chi connectivity index (χ0v) is 18.8. The van der Waals surface area contributed by atoms with Gasteiger partial charge in [0.1, 0.15) is 12.3 Å². The topological polar surface area (TPSA) is 75.6 Å². The second-order valence-electron chi connectivity index (χ2n) is 6.90. The maximum atomic E-state index is 10.9. The lowest BCUT2D eigenvalue weighted by Crippen LogP contribution is -2.19. The monoisotopic (exact) mass is 446 g/mol. The molecule has 2 aromatic carbocycles. The van der Waals surface area contributed by atoms with Crippen molar-refractivity contribution in [3.05, 3.63) is 84.6 Å². The largest absolute Gasteiger partial charge is 0.464 e. The zero-order chi connectivity index (χ0) is 22.8. The number of pyridine rings is 1. The van der Waals surface area contributed by atoms with Gasteiger partial charge in [-0.15, -0.1) is 0 Å². The van der Waals surface area contributed by atoms with E-state index in [0.717, 1.165) is 22.7 Å². The molecule has 6 nitrogen and oxygen atoms in total. The van der Waals surface area contributed by atoms with E-state index in [1.54, 1.807) is 11.9 Å². The number of ether oxygens (including phenoxy) is 1. The number of nitrogens with zero attached hydrogens (tertiary/aromatic N) is 2. The number of carbonyl (C=O) groups is 1. The number of benzene rings is 2. The second kappa shape index (κ2) is 11.8. The van der Waals surface area contributed by atoms with E-state index in [0.29, 0.717) is 23.6 Å². The van der Waals surface area contributed by atoms with Crippen LogP contribution in [0.1, 0.15) is 18.2 Å². The quantitative estimate of drug-likeness (QED) is 0.187. The average molecular weight is 447 g/mol. The van der Waals surface area contributed by atoms with Gasteiger partial charge in [-0.05, 0) is 48.5 Å². The zero-order valence-electron chi connectivity index (χ0n) is 18.0. The van der Waals surface area contributed by atoms with Crippen LogP contribution in [-0.4, -0.2) is 30.8 Å². The lowest BCUT2D eigenvalue weighted by atomic mass is 10.1. The summed E-state index contributed by atoms with van der Waals surface area (Å²) >= 11 is 1.58. The van der Waals surface area contributed by atoms with Crippen LogP contribution in [0, 0.1) is 0 Å². The molecule has 0 radical (unpaired) electrons. The van der Waals surface area contributed by atoms with Crippen LogP contribution in [0.25, 0.3) is 17.0 Å². The Balaban J connectivity index is 1.69. The predicted octanol–water partition coefficient (Wildman–Crippen LogP) is 5.00. The summed E-state index contributed by atoms with van der Waals surface area (Å²) in [6.45, 7) is 10.5. The fraction of sp³-hybridized carbons (Fsp3) is 0.160. The van der Waals surface area contributed by atoms with Crippen molar-refractivity contribution in [3.63, 3.8) is 0 Å². The standard InChI is InChI=1S/C25H26N4O2S/c1-18(27-14-15-31-19(2)30)25-24(26-3)13-12-23(29-25)21-10-7-11-22(16-21)32-28-17-20-8-5-4-6-9-20/h4-13,16,27-28H,1,3,14-15,17H2,2H3. The van der Waals surface area contributed by atoms with Crippen molar-refractivity contribution in [1.29, 1.82) is 0 Å². The highest BCUT2D eigenvalue weighted by molar-refractivity contribution is 7.97. The van der Waals surface area contributed by atoms with E-state index in [1.165, 1.54) is 12.5 Å². The second-order valence-corrected chi connectivity index (χ2v) is 7.87. The number of hydrogen-bond donors (Lipinski definition) is 2. The van der Waals surface area contributed by atoms with Gasteiger partial charge in [-0.25, -0.2) is 4.98 Å². The third-order valence-corrected chi connectivity index (χ3v) is 5.29. The summed E-state index contributed by atoms with van der Waals surface area (Å²) in [7, 11) is 0. The fourth-order valence-corrected chi connectivity index (χ4v) is 3.70. The van der Waals surface area contributed by atoms with Crippen LogP contribution in [0.15, 0.2) is 83.2 Å². The van der Waals surface area contributed by atoms with Crippen molar-refractivity contribution in [2.24, 2.45) is 4.99 Å². The molecule has 1 aromatic heterocycles. The van der Waals surface area contributed by atoms with Gasteiger partial charge in [0.05, 0.1) is 17.1 Å². The van der Waals surface area contributed by atoms with Gasteiger partial charge < -0.3 is 10.1 Å². The van der Waals surface area contributed by atoms with Gasteiger partial charge in [-0.1, -0.05) is 49.0 Å². The van der Waals surface area contributed by atoms with Gasteiger partial charge in [0.15, 0.2) is 0 Å². The summed E-state index contributed by atoms with van der Waals surface area (Å²) in [5.41, 5.74) is 4.86. The SMILES string of the molecule is C=Nc1ccc(-c2cccc(SNCc3ccccc3)c2)nc1C(=C)NCCOC(C)=O. The Morgan fingerprint density at radius 2 is 1.94 bits per heavy atom. The number of hydrogen-bond acceptors (Lipinski definition) is 7. The highest BCUT2D eigenvalue weighted by Gasteiger charge is 2.10. The molecular weight excluding hydrogens is 420 g/mol. The van der Waals surface area contributed by atoms with Gasteiger partial charge in [0.25, 0.3) is 0 Å². The van der Waals surface area contributed by atoms with Crippen LogP contribution in [0.5, 0.6) is 0 Å². The number of carbonyl (C=O) groups excluding carboxylic acids is 1. The maximum Gasteiger partial charge on any atom is 0.302 e. The molecule has 0 saturated carbocycles. The summed E-state index contributed by atoms with van der Waals surface area (Å²) < 4.78 is 8.34. The molecule has 0 atom stereocenters. The minimum atomic E-state index is -0.318. The van der Waals surface area contributed by atoms with Crippen LogP contribution in [0.3, 0.4) is 0 Å². The van der Waals surface area contributed by atoms with Crippen molar-refractivity contribution in [3.8, 4) is 11.3 Å². The summed E-state index contributed by atoms with van der Waals surface area (Å²) in [5.74, 6) is -0.318. The number of aliphatic imine (C=N–C) groups is 1. The minimum Gasteiger partial charge on any atom is -0.464 e. The van der Waals surface area contributed by atoms with Crippen LogP contribution in [0.2, 0.25) is 0 Å². The Hall–Kier alpha value is -3.42. The van der Waals surface area contributed by atoms with Crippen LogP contribution in [0.4, 0.5) is 5.69 Å². The number of esters is 1. The first-order chi connectivity index (χ1) is 15.6. The molecule has 0 aliphatic carbocycles. The van der Waals surface area contributed by atoms with Gasteiger partial charge in [-0.3, -0.25) is 14.5 Å². The molecule has 7 heteroatoms. The third-order valence-electron chi connectivity index (χ3n) is 4.51. The summed E-state index contributed by atoms with van der Waals surface area (Å²) in [5, 5.41) is 3.13. The minimum absolute atomic E-state index is 0.250.